The normalized spacial score (nSPS) is 10.8. The van der Waals surface area contributed by atoms with Crippen molar-refractivity contribution in [3.05, 3.63) is 95.1 Å². The number of esters is 1. The molecule has 0 radical (unpaired) electrons. The van der Waals surface area contributed by atoms with Gasteiger partial charge in [0.2, 0.25) is 0 Å². The second-order valence-electron chi connectivity index (χ2n) is 7.40. The van der Waals surface area contributed by atoms with E-state index < -0.39 is 34.4 Å². The number of aryl methyl sites for hydroxylation is 2. The van der Waals surface area contributed by atoms with Crippen LogP contribution in [0.25, 0.3) is 0 Å². The molecule has 176 valence electrons. The predicted molar refractivity (Wildman–Crippen MR) is 125 cm³/mol. The third-order valence-corrected chi connectivity index (χ3v) is 6.07. The van der Waals surface area contributed by atoms with Crippen LogP contribution in [0, 0.1) is 13.8 Å². The van der Waals surface area contributed by atoms with Crippen molar-refractivity contribution < 1.29 is 27.5 Å². The third kappa shape index (κ3) is 6.42. The van der Waals surface area contributed by atoms with Crippen molar-refractivity contribution in [2.45, 2.75) is 18.7 Å². The summed E-state index contributed by atoms with van der Waals surface area (Å²) in [5.74, 6) is -2.18. The molecule has 0 spiro atoms. The first-order valence-corrected chi connectivity index (χ1v) is 11.7. The number of anilines is 1. The maximum atomic E-state index is 12.8. The van der Waals surface area contributed by atoms with Crippen LogP contribution in [-0.4, -0.2) is 32.8 Å². The number of carbonyl (C=O) groups excluding carboxylic acids is 3. The van der Waals surface area contributed by atoms with Gasteiger partial charge in [0.1, 0.15) is 0 Å². The van der Waals surface area contributed by atoms with E-state index in [-0.39, 0.29) is 10.5 Å². The number of carbonyl (C=O) groups is 3. The Bertz CT molecular complexity index is 1320. The lowest BCUT2D eigenvalue weighted by molar-refractivity contribution is -0.125. The number of hydrazine groups is 1. The van der Waals surface area contributed by atoms with Crippen molar-refractivity contribution >= 4 is 33.5 Å². The number of ether oxygens (including phenoxy) is 1. The number of sulfonamides is 1. The number of rotatable bonds is 7. The number of benzene rings is 3. The van der Waals surface area contributed by atoms with Crippen molar-refractivity contribution in [2.75, 3.05) is 11.3 Å². The Morgan fingerprint density at radius 3 is 2.29 bits per heavy atom. The van der Waals surface area contributed by atoms with Gasteiger partial charge in [-0.2, -0.15) is 0 Å². The van der Waals surface area contributed by atoms with Crippen LogP contribution in [0.1, 0.15) is 31.8 Å². The Hall–Kier alpha value is -4.18. The van der Waals surface area contributed by atoms with E-state index in [0.29, 0.717) is 16.8 Å². The highest BCUT2D eigenvalue weighted by Crippen LogP contribution is 2.20. The molecular weight excluding hydrogens is 458 g/mol. The smallest absolute Gasteiger partial charge is 0.338 e. The van der Waals surface area contributed by atoms with Crippen LogP contribution in [0.5, 0.6) is 0 Å². The number of amides is 2. The van der Waals surface area contributed by atoms with E-state index in [4.69, 9.17) is 4.74 Å². The standard InChI is InChI=1S/C24H23N3O6S/c1-16-7-6-10-19(13-16)27-34(31,32)20-12-11-17(2)21(14-20)24(30)33-15-22(28)25-26-23(29)18-8-4-3-5-9-18/h3-14,27H,15H2,1-2H3,(H,25,28)(H,26,29). The number of nitrogens with one attached hydrogen (secondary N) is 3. The molecule has 0 bridgehead atoms. The quantitative estimate of drug-likeness (QED) is 0.351. The highest BCUT2D eigenvalue weighted by atomic mass is 32.2. The molecule has 0 saturated heterocycles. The van der Waals surface area contributed by atoms with Gasteiger partial charge in [0.05, 0.1) is 10.5 Å². The second kappa shape index (κ2) is 10.6. The van der Waals surface area contributed by atoms with E-state index in [1.54, 1.807) is 55.5 Å². The average Bonchev–Trinajstić information content (AvgIpc) is 2.81. The molecule has 0 fully saturated rings. The monoisotopic (exact) mass is 481 g/mol. The fraction of sp³-hybridized carbons (Fsp3) is 0.125. The minimum absolute atomic E-state index is 0.00626. The van der Waals surface area contributed by atoms with Crippen molar-refractivity contribution in [3.8, 4) is 0 Å². The van der Waals surface area contributed by atoms with Gasteiger partial charge in [-0.25, -0.2) is 13.2 Å². The summed E-state index contributed by atoms with van der Waals surface area (Å²) in [7, 11) is -3.96. The summed E-state index contributed by atoms with van der Waals surface area (Å²) in [6.45, 7) is 2.77. The molecule has 3 N–H and O–H groups in total. The minimum Gasteiger partial charge on any atom is -0.452 e. The lowest BCUT2D eigenvalue weighted by atomic mass is 10.1. The van der Waals surface area contributed by atoms with Gasteiger partial charge in [-0.1, -0.05) is 36.4 Å². The Balaban J connectivity index is 1.62. The van der Waals surface area contributed by atoms with Crippen LogP contribution < -0.4 is 15.6 Å². The fourth-order valence-electron chi connectivity index (χ4n) is 2.94. The van der Waals surface area contributed by atoms with E-state index in [9.17, 15) is 22.8 Å². The number of hydrogen-bond acceptors (Lipinski definition) is 6. The summed E-state index contributed by atoms with van der Waals surface area (Å²) in [4.78, 5) is 36.3. The van der Waals surface area contributed by atoms with Gasteiger partial charge in [-0.05, 0) is 61.4 Å². The maximum absolute atomic E-state index is 12.8. The van der Waals surface area contributed by atoms with Crippen molar-refractivity contribution in [3.63, 3.8) is 0 Å². The molecule has 0 aliphatic rings. The highest BCUT2D eigenvalue weighted by Gasteiger charge is 2.20. The van der Waals surface area contributed by atoms with Crippen LogP contribution >= 0.6 is 0 Å². The fourth-order valence-corrected chi connectivity index (χ4v) is 4.02. The summed E-state index contributed by atoms with van der Waals surface area (Å²) >= 11 is 0. The van der Waals surface area contributed by atoms with Gasteiger partial charge in [0, 0.05) is 11.3 Å². The van der Waals surface area contributed by atoms with Crippen LogP contribution in [0.3, 0.4) is 0 Å². The summed E-state index contributed by atoms with van der Waals surface area (Å²) in [6.07, 6.45) is 0. The van der Waals surface area contributed by atoms with Crippen molar-refractivity contribution in [1.82, 2.24) is 10.9 Å². The zero-order valence-corrected chi connectivity index (χ0v) is 19.3. The molecule has 0 unspecified atom stereocenters. The lowest BCUT2D eigenvalue weighted by Gasteiger charge is -2.12. The Labute approximate surface area is 197 Å². The maximum Gasteiger partial charge on any atom is 0.338 e. The van der Waals surface area contributed by atoms with Gasteiger partial charge < -0.3 is 4.74 Å². The SMILES string of the molecule is Cc1cccc(NS(=O)(=O)c2ccc(C)c(C(=O)OCC(=O)NNC(=O)c3ccccc3)c2)c1. The Morgan fingerprint density at radius 1 is 0.853 bits per heavy atom. The van der Waals surface area contributed by atoms with Crippen LogP contribution in [0.2, 0.25) is 0 Å². The zero-order chi connectivity index (χ0) is 24.7. The lowest BCUT2D eigenvalue weighted by Crippen LogP contribution is -2.43. The van der Waals surface area contributed by atoms with E-state index in [2.05, 4.69) is 15.6 Å². The third-order valence-electron chi connectivity index (χ3n) is 4.70. The summed E-state index contributed by atoms with van der Waals surface area (Å²) in [6, 6.07) is 19.1. The van der Waals surface area contributed by atoms with Gasteiger partial charge in [-0.3, -0.25) is 25.2 Å². The summed E-state index contributed by atoms with van der Waals surface area (Å²) in [5.41, 5.74) is 6.43. The first-order valence-electron chi connectivity index (χ1n) is 10.2. The van der Waals surface area contributed by atoms with Gasteiger partial charge in [0.15, 0.2) is 6.61 Å². The highest BCUT2D eigenvalue weighted by molar-refractivity contribution is 7.92. The molecular formula is C24H23N3O6S. The first-order chi connectivity index (χ1) is 16.2. The second-order valence-corrected chi connectivity index (χ2v) is 9.08. The summed E-state index contributed by atoms with van der Waals surface area (Å²) in [5, 5.41) is 0. The van der Waals surface area contributed by atoms with E-state index in [0.717, 1.165) is 5.56 Å². The Kier molecular flexibility index (Phi) is 7.64. The molecule has 9 nitrogen and oxygen atoms in total. The van der Waals surface area contributed by atoms with Crippen LogP contribution in [0.4, 0.5) is 5.69 Å². The van der Waals surface area contributed by atoms with Crippen LogP contribution in [0.15, 0.2) is 77.7 Å². The zero-order valence-electron chi connectivity index (χ0n) is 18.5. The topological polar surface area (TPSA) is 131 Å². The number of hydrogen-bond donors (Lipinski definition) is 3. The van der Waals surface area contributed by atoms with E-state index in [1.165, 1.54) is 18.2 Å². The van der Waals surface area contributed by atoms with E-state index in [1.807, 2.05) is 13.0 Å². The average molecular weight is 482 g/mol. The molecule has 10 heteroatoms. The molecule has 0 aliphatic carbocycles. The minimum atomic E-state index is -3.96. The molecule has 3 aromatic rings. The van der Waals surface area contributed by atoms with Crippen LogP contribution in [-0.2, 0) is 19.6 Å². The van der Waals surface area contributed by atoms with Crippen molar-refractivity contribution in [2.24, 2.45) is 0 Å². The molecule has 0 heterocycles. The largest absolute Gasteiger partial charge is 0.452 e. The molecule has 0 saturated carbocycles. The Morgan fingerprint density at radius 2 is 1.59 bits per heavy atom. The molecule has 0 aliphatic heterocycles. The van der Waals surface area contributed by atoms with Gasteiger partial charge in [0.25, 0.3) is 21.8 Å². The molecule has 34 heavy (non-hydrogen) atoms. The van der Waals surface area contributed by atoms with E-state index >= 15 is 0 Å². The molecule has 2 amide bonds. The molecule has 0 atom stereocenters. The molecule has 3 aromatic carbocycles. The molecule has 3 rings (SSSR count). The first kappa shape index (κ1) is 24.5. The van der Waals surface area contributed by atoms with Gasteiger partial charge >= 0.3 is 5.97 Å². The molecule has 0 aromatic heterocycles. The summed E-state index contributed by atoms with van der Waals surface area (Å²) < 4.78 is 33.0. The van der Waals surface area contributed by atoms with Gasteiger partial charge in [-0.15, -0.1) is 0 Å². The predicted octanol–water partition coefficient (Wildman–Crippen LogP) is 2.72. The van der Waals surface area contributed by atoms with Crippen molar-refractivity contribution in [1.29, 1.82) is 0 Å².